The Morgan fingerprint density at radius 1 is 1.34 bits per heavy atom. The summed E-state index contributed by atoms with van der Waals surface area (Å²) in [7, 11) is 3.82. The third-order valence-corrected chi connectivity index (χ3v) is 6.29. The summed E-state index contributed by atoms with van der Waals surface area (Å²) in [5, 5.41) is 0. The fourth-order valence-electron chi connectivity index (χ4n) is 4.84. The highest BCUT2D eigenvalue weighted by atomic mass is 16.6. The van der Waals surface area contributed by atoms with Gasteiger partial charge in [0.05, 0.1) is 18.1 Å². The fraction of sp³-hybridized carbons (Fsp3) is 0.391. The number of rotatable bonds is 3. The van der Waals surface area contributed by atoms with Crippen LogP contribution in [0.4, 0.5) is 0 Å². The van der Waals surface area contributed by atoms with Gasteiger partial charge >= 0.3 is 5.97 Å². The van der Waals surface area contributed by atoms with Crippen LogP contribution in [0.25, 0.3) is 0 Å². The maximum Gasteiger partial charge on any atom is 0.340 e. The molecule has 5 rings (SSSR count). The minimum atomic E-state index is -0.363. The molecule has 0 saturated carbocycles. The first-order valence-electron chi connectivity index (χ1n) is 9.96. The SMILES string of the molecule is COc1ccc2c3c1O[C@H]1CC(OC(=O)c4cccnc4)C=C[C@@]31CCN(C)C2. The summed E-state index contributed by atoms with van der Waals surface area (Å²) in [4.78, 5) is 18.8. The van der Waals surface area contributed by atoms with Gasteiger partial charge in [-0.15, -0.1) is 0 Å². The van der Waals surface area contributed by atoms with E-state index in [1.165, 1.54) is 17.3 Å². The molecular weight excluding hydrogens is 368 g/mol. The molecule has 0 bridgehead atoms. The van der Waals surface area contributed by atoms with Gasteiger partial charge < -0.3 is 19.1 Å². The quantitative estimate of drug-likeness (QED) is 0.591. The minimum absolute atomic E-state index is 0.0873. The van der Waals surface area contributed by atoms with Crippen molar-refractivity contribution in [2.45, 2.75) is 37.0 Å². The lowest BCUT2D eigenvalue weighted by Crippen LogP contribution is -2.43. The third kappa shape index (κ3) is 2.90. The van der Waals surface area contributed by atoms with Crippen LogP contribution in [0.15, 0.2) is 48.8 Å². The Morgan fingerprint density at radius 2 is 2.24 bits per heavy atom. The molecule has 0 fully saturated rings. The zero-order valence-corrected chi connectivity index (χ0v) is 16.6. The van der Waals surface area contributed by atoms with Crippen LogP contribution in [-0.2, 0) is 16.7 Å². The van der Waals surface area contributed by atoms with Crippen molar-refractivity contribution < 1.29 is 19.0 Å². The van der Waals surface area contributed by atoms with Gasteiger partial charge in [0.15, 0.2) is 11.5 Å². The molecule has 2 aliphatic heterocycles. The Kier molecular flexibility index (Phi) is 4.32. The summed E-state index contributed by atoms with van der Waals surface area (Å²) < 4.78 is 17.8. The number of benzene rings is 1. The van der Waals surface area contributed by atoms with E-state index in [0.717, 1.165) is 31.0 Å². The van der Waals surface area contributed by atoms with Gasteiger partial charge in [0.25, 0.3) is 0 Å². The van der Waals surface area contributed by atoms with Crippen LogP contribution in [0, 0.1) is 0 Å². The predicted octanol–water partition coefficient (Wildman–Crippen LogP) is 3.11. The van der Waals surface area contributed by atoms with Crippen LogP contribution in [0.2, 0.25) is 0 Å². The van der Waals surface area contributed by atoms with E-state index in [0.29, 0.717) is 12.0 Å². The van der Waals surface area contributed by atoms with Crippen LogP contribution >= 0.6 is 0 Å². The maximum absolute atomic E-state index is 12.5. The lowest BCUT2D eigenvalue weighted by atomic mass is 9.69. The summed E-state index contributed by atoms with van der Waals surface area (Å²) in [6.45, 7) is 1.86. The van der Waals surface area contributed by atoms with Gasteiger partial charge in [-0.1, -0.05) is 12.1 Å². The Labute approximate surface area is 170 Å². The molecule has 1 aromatic heterocycles. The van der Waals surface area contributed by atoms with Crippen molar-refractivity contribution in [1.29, 1.82) is 0 Å². The summed E-state index contributed by atoms with van der Waals surface area (Å²) in [6, 6.07) is 7.58. The molecule has 2 aromatic rings. The number of carbonyl (C=O) groups excluding carboxylic acids is 1. The number of ether oxygens (including phenoxy) is 3. The van der Waals surface area contributed by atoms with Crippen LogP contribution in [0.5, 0.6) is 11.5 Å². The second-order valence-corrected chi connectivity index (χ2v) is 8.05. The summed E-state index contributed by atoms with van der Waals surface area (Å²) in [5.74, 6) is 1.24. The van der Waals surface area contributed by atoms with Crippen molar-refractivity contribution in [1.82, 2.24) is 9.88 Å². The van der Waals surface area contributed by atoms with Gasteiger partial charge in [-0.25, -0.2) is 4.79 Å². The monoisotopic (exact) mass is 392 g/mol. The van der Waals surface area contributed by atoms with Crippen LogP contribution < -0.4 is 9.47 Å². The first-order valence-corrected chi connectivity index (χ1v) is 9.96. The highest BCUT2D eigenvalue weighted by molar-refractivity contribution is 5.89. The largest absolute Gasteiger partial charge is 0.493 e. The van der Waals surface area contributed by atoms with Crippen molar-refractivity contribution in [3.05, 3.63) is 65.5 Å². The second-order valence-electron chi connectivity index (χ2n) is 8.05. The second kappa shape index (κ2) is 6.88. The number of pyridine rings is 1. The van der Waals surface area contributed by atoms with E-state index in [1.807, 2.05) is 12.1 Å². The summed E-state index contributed by atoms with van der Waals surface area (Å²) in [5.41, 5.74) is 2.76. The van der Waals surface area contributed by atoms with Crippen molar-refractivity contribution in [2.24, 2.45) is 0 Å². The molecule has 3 atom stereocenters. The number of esters is 1. The zero-order chi connectivity index (χ0) is 20.0. The molecule has 3 aliphatic rings. The highest BCUT2D eigenvalue weighted by Gasteiger charge is 2.53. The van der Waals surface area contributed by atoms with Crippen molar-refractivity contribution >= 4 is 5.97 Å². The average molecular weight is 392 g/mol. The number of carbonyl (C=O) groups is 1. The smallest absolute Gasteiger partial charge is 0.340 e. The van der Waals surface area contributed by atoms with Gasteiger partial charge in [0.2, 0.25) is 0 Å². The molecule has 6 heteroatoms. The third-order valence-electron chi connectivity index (χ3n) is 6.29. The topological polar surface area (TPSA) is 60.9 Å². The molecule has 29 heavy (non-hydrogen) atoms. The van der Waals surface area contributed by atoms with E-state index < -0.39 is 0 Å². The summed E-state index contributed by atoms with van der Waals surface area (Å²) in [6.07, 6.45) is 8.55. The number of aromatic nitrogens is 1. The molecule has 1 aliphatic carbocycles. The van der Waals surface area contributed by atoms with E-state index in [9.17, 15) is 4.79 Å². The van der Waals surface area contributed by atoms with E-state index >= 15 is 0 Å². The lowest BCUT2D eigenvalue weighted by Gasteiger charge is -2.36. The van der Waals surface area contributed by atoms with E-state index in [-0.39, 0.29) is 23.6 Å². The van der Waals surface area contributed by atoms with Gasteiger partial charge in [-0.2, -0.15) is 0 Å². The molecule has 150 valence electrons. The van der Waals surface area contributed by atoms with Crippen molar-refractivity contribution in [3.8, 4) is 11.5 Å². The summed E-state index contributed by atoms with van der Waals surface area (Å²) >= 11 is 0. The van der Waals surface area contributed by atoms with E-state index in [4.69, 9.17) is 14.2 Å². The maximum atomic E-state index is 12.5. The normalized spacial score (nSPS) is 27.4. The molecule has 6 nitrogen and oxygen atoms in total. The molecule has 1 aromatic carbocycles. The molecular formula is C23H24N2O4. The van der Waals surface area contributed by atoms with Crippen LogP contribution in [-0.4, -0.2) is 48.8 Å². The fourth-order valence-corrected chi connectivity index (χ4v) is 4.84. The van der Waals surface area contributed by atoms with Crippen molar-refractivity contribution in [3.63, 3.8) is 0 Å². The Hall–Kier alpha value is -2.86. The number of hydrogen-bond acceptors (Lipinski definition) is 6. The Balaban J connectivity index is 1.48. The lowest BCUT2D eigenvalue weighted by molar-refractivity contribution is 0.0217. The first kappa shape index (κ1) is 18.2. The Morgan fingerprint density at radius 3 is 3.03 bits per heavy atom. The molecule has 0 saturated heterocycles. The van der Waals surface area contributed by atoms with Gasteiger partial charge in [0.1, 0.15) is 12.2 Å². The van der Waals surface area contributed by atoms with Crippen molar-refractivity contribution in [2.75, 3.05) is 20.7 Å². The van der Waals surface area contributed by atoms with Crippen LogP contribution in [0.1, 0.15) is 34.3 Å². The van der Waals surface area contributed by atoms with Crippen LogP contribution in [0.3, 0.4) is 0 Å². The predicted molar refractivity (Wildman–Crippen MR) is 107 cm³/mol. The average Bonchev–Trinajstić information content (AvgIpc) is 3.00. The molecule has 1 spiro atoms. The zero-order valence-electron chi connectivity index (χ0n) is 16.6. The molecule has 3 heterocycles. The minimum Gasteiger partial charge on any atom is -0.493 e. The molecule has 0 N–H and O–H groups in total. The number of methoxy groups -OCH3 is 1. The van der Waals surface area contributed by atoms with Gasteiger partial charge in [-0.05, 0) is 49.9 Å². The Bertz CT molecular complexity index is 974. The number of nitrogens with zero attached hydrogens (tertiary/aromatic N) is 2. The van der Waals surface area contributed by atoms with E-state index in [2.05, 4.69) is 29.1 Å². The molecule has 0 radical (unpaired) electrons. The first-order chi connectivity index (χ1) is 14.1. The number of hydrogen-bond donors (Lipinski definition) is 0. The molecule has 0 amide bonds. The van der Waals surface area contributed by atoms with Gasteiger partial charge in [0, 0.05) is 30.9 Å². The standard InChI is InChI=1S/C23H24N2O4/c1-25-11-9-23-8-7-17(28-22(26)15-4-3-10-24-13-15)12-19(23)29-21-18(27-2)6-5-16(14-25)20(21)23/h3-8,10,13,17,19H,9,11-12,14H2,1-2H3/t17?,19-,23-/m0/s1. The van der Waals surface area contributed by atoms with Gasteiger partial charge in [-0.3, -0.25) is 4.98 Å². The highest BCUT2D eigenvalue weighted by Crippen LogP contribution is 2.55. The molecule has 1 unspecified atom stereocenters. The van der Waals surface area contributed by atoms with E-state index in [1.54, 1.807) is 25.4 Å².